The normalized spacial score (nSPS) is 26.0. The van der Waals surface area contributed by atoms with Crippen LogP contribution in [0.15, 0.2) is 42.5 Å². The van der Waals surface area contributed by atoms with Crippen molar-refractivity contribution in [1.29, 1.82) is 0 Å². The van der Waals surface area contributed by atoms with Crippen LogP contribution in [0.3, 0.4) is 0 Å². The summed E-state index contributed by atoms with van der Waals surface area (Å²) < 4.78 is 30.0. The number of rotatable bonds is 7. The molecule has 0 radical (unpaired) electrons. The summed E-state index contributed by atoms with van der Waals surface area (Å²) in [5, 5.41) is 10.6. The van der Waals surface area contributed by atoms with E-state index in [4.69, 9.17) is 0 Å². The Morgan fingerprint density at radius 2 is 1.85 bits per heavy atom. The largest absolute Gasteiger partial charge is 0.371 e. The Morgan fingerprint density at radius 3 is 2.63 bits per heavy atom. The number of aromatic amines is 2. The average molecular weight is 710 g/mol. The van der Waals surface area contributed by atoms with Gasteiger partial charge in [-0.25, -0.2) is 8.78 Å². The van der Waals surface area contributed by atoms with Crippen LogP contribution in [0.1, 0.15) is 83.3 Å². The number of fused-ring (bicyclic) bond motifs is 2. The highest BCUT2D eigenvalue weighted by molar-refractivity contribution is 6.23. The Kier molecular flexibility index (Phi) is 7.06. The van der Waals surface area contributed by atoms with E-state index >= 15 is 0 Å². The van der Waals surface area contributed by atoms with Gasteiger partial charge >= 0.3 is 0 Å². The van der Waals surface area contributed by atoms with Gasteiger partial charge in [-0.3, -0.25) is 39.3 Å². The summed E-state index contributed by atoms with van der Waals surface area (Å²) >= 11 is 0. The maximum Gasteiger partial charge on any atom is 0.262 e. The standard InChI is InChI=1S/C38H37F2N7O5/c1-37-16-25(38(37,39)40)32-28(17-37)43-44-33(32)27-13-20-4-5-21(15-26(20)41-27)45(2)31(49)10-3-19-11-12-46(18-19)22-6-7-23-24(14-22)36(52)47(35(23)51)29-8-9-30(48)42-34(29)50/h4-7,13-15,19,25,29,41H,3,8-12,16-18H2,1-2H3,(H,43,44)(H,42,48,50)/t19-,25?,29?,37-/m0/s1. The first-order chi connectivity index (χ1) is 24.8. The molecule has 10 rings (SSSR count). The zero-order valence-electron chi connectivity index (χ0n) is 28.7. The minimum atomic E-state index is -2.76. The fourth-order valence-corrected chi connectivity index (χ4v) is 9.02. The summed E-state index contributed by atoms with van der Waals surface area (Å²) in [6.07, 6.45) is 2.77. The van der Waals surface area contributed by atoms with E-state index in [1.54, 1.807) is 37.1 Å². The van der Waals surface area contributed by atoms with Gasteiger partial charge in [0.05, 0.1) is 22.7 Å². The van der Waals surface area contributed by atoms with Crippen molar-refractivity contribution < 1.29 is 32.8 Å². The third-order valence-electron chi connectivity index (χ3n) is 12.2. The number of hydrogen-bond acceptors (Lipinski definition) is 7. The molecule has 6 aliphatic rings. The topological polar surface area (TPSA) is 152 Å². The van der Waals surface area contributed by atoms with Gasteiger partial charge in [-0.05, 0) is 68.0 Å². The molecule has 0 spiro atoms. The molecule has 2 bridgehead atoms. The van der Waals surface area contributed by atoms with Gasteiger partial charge in [0, 0.05) is 78.3 Å². The lowest BCUT2D eigenvalue weighted by atomic mass is 9.51. The molecule has 4 atom stereocenters. The fourth-order valence-electron chi connectivity index (χ4n) is 9.02. The maximum atomic E-state index is 15.0. The van der Waals surface area contributed by atoms with Crippen molar-refractivity contribution in [2.75, 3.05) is 29.9 Å². The molecule has 268 valence electrons. The number of halogens is 2. The number of amides is 5. The van der Waals surface area contributed by atoms with E-state index in [0.717, 1.165) is 40.1 Å². The summed E-state index contributed by atoms with van der Waals surface area (Å²) in [5.74, 6) is -5.51. The molecule has 3 aliphatic heterocycles. The smallest absolute Gasteiger partial charge is 0.262 e. The first kappa shape index (κ1) is 32.5. The van der Waals surface area contributed by atoms with Crippen LogP contribution < -0.4 is 15.1 Å². The van der Waals surface area contributed by atoms with Gasteiger partial charge in [-0.2, -0.15) is 5.10 Å². The van der Waals surface area contributed by atoms with Crippen molar-refractivity contribution in [3.05, 3.63) is 64.8 Å². The van der Waals surface area contributed by atoms with Crippen LogP contribution in [0.5, 0.6) is 0 Å². The number of alkyl halides is 2. The number of H-pyrrole nitrogens is 2. The molecule has 2 aromatic carbocycles. The van der Waals surface area contributed by atoms with Crippen LogP contribution in [-0.4, -0.2) is 81.7 Å². The molecule has 5 heterocycles. The van der Waals surface area contributed by atoms with E-state index in [1.807, 2.05) is 24.3 Å². The van der Waals surface area contributed by atoms with E-state index in [9.17, 15) is 32.8 Å². The molecule has 4 aromatic rings. The number of carbonyl (C=O) groups is 5. The number of piperidine rings is 1. The third kappa shape index (κ3) is 4.75. The second-order valence-electron chi connectivity index (χ2n) is 15.3. The first-order valence-electron chi connectivity index (χ1n) is 17.8. The predicted octanol–water partition coefficient (Wildman–Crippen LogP) is 4.91. The van der Waals surface area contributed by atoms with Crippen molar-refractivity contribution in [3.63, 3.8) is 0 Å². The van der Waals surface area contributed by atoms with Crippen molar-refractivity contribution >= 4 is 51.8 Å². The van der Waals surface area contributed by atoms with Crippen molar-refractivity contribution in [3.8, 4) is 11.4 Å². The van der Waals surface area contributed by atoms with Crippen LogP contribution in [0, 0.1) is 11.3 Å². The molecular weight excluding hydrogens is 672 g/mol. The van der Waals surface area contributed by atoms with Crippen LogP contribution >= 0.6 is 0 Å². The number of anilines is 2. The van der Waals surface area contributed by atoms with Crippen molar-refractivity contribution in [2.24, 2.45) is 11.3 Å². The molecule has 1 saturated carbocycles. The highest BCUT2D eigenvalue weighted by Gasteiger charge is 2.70. The highest BCUT2D eigenvalue weighted by atomic mass is 19.3. The zero-order valence-corrected chi connectivity index (χ0v) is 28.7. The molecular formula is C38H37F2N7O5. The van der Waals surface area contributed by atoms with Gasteiger partial charge in [0.15, 0.2) is 0 Å². The number of imide groups is 2. The first-order valence-corrected chi connectivity index (χ1v) is 17.8. The zero-order chi connectivity index (χ0) is 36.3. The molecule has 14 heteroatoms. The van der Waals surface area contributed by atoms with Crippen LogP contribution in [-0.2, 0) is 20.8 Å². The Hall–Kier alpha value is -5.40. The molecule has 3 N–H and O–H groups in total. The SMILES string of the molecule is CN(C(=O)CC[C@H]1CCN(c2ccc3c(c2)C(=O)N(C2CCC(=O)NC2=O)C3=O)C1)c1ccc2cc(-c3n[nH]c4c3C3C[C@@](C)(C4)C3(F)F)[nH]c2c1. The predicted molar refractivity (Wildman–Crippen MR) is 186 cm³/mol. The molecule has 12 nitrogen and oxygen atoms in total. The minimum Gasteiger partial charge on any atom is -0.371 e. The lowest BCUT2D eigenvalue weighted by Gasteiger charge is -2.56. The number of nitrogens with one attached hydrogen (secondary N) is 3. The molecule has 3 fully saturated rings. The Morgan fingerprint density at radius 1 is 1.04 bits per heavy atom. The van der Waals surface area contributed by atoms with Gasteiger partial charge < -0.3 is 14.8 Å². The number of benzene rings is 2. The molecule has 3 aliphatic carbocycles. The second kappa shape index (κ2) is 11.3. The van der Waals surface area contributed by atoms with E-state index in [-0.39, 0.29) is 42.2 Å². The van der Waals surface area contributed by atoms with Crippen molar-refractivity contribution in [2.45, 2.75) is 69.8 Å². The lowest BCUT2D eigenvalue weighted by Crippen LogP contribution is -2.59. The second-order valence-corrected chi connectivity index (χ2v) is 15.3. The summed E-state index contributed by atoms with van der Waals surface area (Å²) in [6.45, 7) is 3.06. The van der Waals surface area contributed by atoms with E-state index in [2.05, 4.69) is 25.4 Å². The fraction of sp³-hybridized carbons (Fsp3) is 0.421. The Balaban J connectivity index is 0.832. The summed E-state index contributed by atoms with van der Waals surface area (Å²) in [7, 11) is 1.75. The maximum absolute atomic E-state index is 15.0. The molecule has 2 saturated heterocycles. The van der Waals surface area contributed by atoms with Crippen LogP contribution in [0.25, 0.3) is 22.3 Å². The minimum absolute atomic E-state index is 0.0311. The Labute approximate surface area is 296 Å². The molecule has 5 amide bonds. The number of carbonyl (C=O) groups excluding carboxylic acids is 5. The summed E-state index contributed by atoms with van der Waals surface area (Å²) in [4.78, 5) is 71.8. The number of nitrogens with zero attached hydrogens (tertiary/aromatic N) is 4. The van der Waals surface area contributed by atoms with Gasteiger partial charge in [0.1, 0.15) is 11.7 Å². The van der Waals surface area contributed by atoms with Gasteiger partial charge in [-0.1, -0.05) is 13.0 Å². The molecule has 2 unspecified atom stereocenters. The lowest BCUT2D eigenvalue weighted by molar-refractivity contribution is -0.220. The Bertz CT molecular complexity index is 2240. The summed E-state index contributed by atoms with van der Waals surface area (Å²) in [6, 6.07) is 11.7. The van der Waals surface area contributed by atoms with E-state index in [0.29, 0.717) is 48.4 Å². The molecule has 52 heavy (non-hydrogen) atoms. The molecule has 2 aromatic heterocycles. The monoisotopic (exact) mass is 709 g/mol. The summed E-state index contributed by atoms with van der Waals surface area (Å²) in [5.41, 5.74) is 4.35. The van der Waals surface area contributed by atoms with Crippen molar-refractivity contribution in [1.82, 2.24) is 25.4 Å². The van der Waals surface area contributed by atoms with Gasteiger partial charge in [0.2, 0.25) is 17.7 Å². The quantitative estimate of drug-likeness (QED) is 0.231. The third-order valence-corrected chi connectivity index (χ3v) is 12.2. The average Bonchev–Trinajstić information content (AvgIpc) is 3.92. The van der Waals surface area contributed by atoms with Crippen LogP contribution in [0.2, 0.25) is 0 Å². The van der Waals surface area contributed by atoms with E-state index < -0.39 is 46.9 Å². The van der Waals surface area contributed by atoms with Gasteiger partial charge in [0.25, 0.3) is 17.7 Å². The van der Waals surface area contributed by atoms with E-state index in [1.165, 1.54) is 0 Å². The number of aromatic nitrogens is 3. The number of hydrogen-bond donors (Lipinski definition) is 3. The van der Waals surface area contributed by atoms with Crippen LogP contribution in [0.4, 0.5) is 20.2 Å². The van der Waals surface area contributed by atoms with Gasteiger partial charge in [-0.15, -0.1) is 0 Å². The highest BCUT2D eigenvalue weighted by Crippen LogP contribution is 2.68.